The molecule has 0 aliphatic rings. The molecule has 3 rings (SSSR count). The van der Waals surface area contributed by atoms with Crippen molar-refractivity contribution in [1.82, 2.24) is 0 Å². The van der Waals surface area contributed by atoms with E-state index in [2.05, 4.69) is 66.4 Å². The Labute approximate surface area is 138 Å². The molecule has 0 amide bonds. The summed E-state index contributed by atoms with van der Waals surface area (Å²) < 4.78 is 0. The summed E-state index contributed by atoms with van der Waals surface area (Å²) in [4.78, 5) is 2.37. The topological polar surface area (TPSA) is 3.24 Å². The first-order valence-corrected chi connectivity index (χ1v) is 7.07. The van der Waals surface area contributed by atoms with Crippen LogP contribution in [0.3, 0.4) is 0 Å². The van der Waals surface area contributed by atoms with Crippen LogP contribution >= 0.6 is 0 Å². The fourth-order valence-corrected chi connectivity index (χ4v) is 2.08. The number of benzene rings is 1. The molecule has 21 heavy (non-hydrogen) atoms. The van der Waals surface area contributed by atoms with E-state index in [0.717, 1.165) is 13.1 Å². The van der Waals surface area contributed by atoms with Gasteiger partial charge in [0.1, 0.15) is 0 Å². The number of rotatable bonds is 4. The van der Waals surface area contributed by atoms with Crippen molar-refractivity contribution in [3.8, 4) is 0 Å². The van der Waals surface area contributed by atoms with E-state index in [1.165, 1.54) is 11.3 Å². The van der Waals surface area contributed by atoms with Gasteiger partial charge in [-0.15, -0.1) is 0 Å². The van der Waals surface area contributed by atoms with Crippen LogP contribution in [0.2, 0.25) is 0 Å². The second kappa shape index (κ2) is 10.0. The molecule has 0 saturated carbocycles. The molecule has 0 aliphatic heterocycles. The molecule has 0 atom stereocenters. The quantitative estimate of drug-likeness (QED) is 0.491. The Hall–Kier alpha value is -1.76. The largest absolute Gasteiger partial charge is 0.420 e. The maximum atomic E-state index is 2.37. The van der Waals surface area contributed by atoms with Crippen molar-refractivity contribution in [2.24, 2.45) is 0 Å². The Morgan fingerprint density at radius 3 is 2.00 bits per heavy atom. The van der Waals surface area contributed by atoms with Gasteiger partial charge < -0.3 is 4.90 Å². The van der Waals surface area contributed by atoms with Crippen molar-refractivity contribution in [1.29, 1.82) is 0 Å². The van der Waals surface area contributed by atoms with E-state index in [4.69, 9.17) is 0 Å². The third-order valence-electron chi connectivity index (χ3n) is 3.16. The maximum absolute atomic E-state index is 2.37. The Balaban J connectivity index is 0.000000313. The molecule has 0 radical (unpaired) electrons. The molecule has 0 bridgehead atoms. The first-order valence-electron chi connectivity index (χ1n) is 7.07. The minimum absolute atomic E-state index is 0. The van der Waals surface area contributed by atoms with Gasteiger partial charge in [-0.05, 0) is 12.5 Å². The zero-order chi connectivity index (χ0) is 14.0. The molecule has 0 unspecified atom stereocenters. The fraction of sp³-hybridized carbons (Fsp3) is 0.158. The van der Waals surface area contributed by atoms with Crippen LogP contribution in [0.5, 0.6) is 0 Å². The summed E-state index contributed by atoms with van der Waals surface area (Å²) in [7, 11) is 0. The summed E-state index contributed by atoms with van der Waals surface area (Å²) in [5.41, 5.74) is 2.67. The first-order chi connectivity index (χ1) is 9.90. The van der Waals surface area contributed by atoms with Crippen LogP contribution in [0, 0.1) is 0 Å². The molecule has 0 spiro atoms. The maximum Gasteiger partial charge on any atom is 0.0315 e. The van der Waals surface area contributed by atoms with Crippen molar-refractivity contribution in [3.63, 3.8) is 0 Å². The average Bonchev–Trinajstić information content (AvgIpc) is 3.21. The van der Waals surface area contributed by atoms with Gasteiger partial charge in [0.15, 0.2) is 0 Å². The van der Waals surface area contributed by atoms with Gasteiger partial charge in [0, 0.05) is 30.2 Å². The minimum atomic E-state index is 0. The molecule has 0 saturated heterocycles. The van der Waals surface area contributed by atoms with E-state index >= 15 is 0 Å². The molecular formula is C19H21FeN-2. The summed E-state index contributed by atoms with van der Waals surface area (Å²) in [6.07, 6.45) is 0. The van der Waals surface area contributed by atoms with Crippen molar-refractivity contribution in [2.45, 2.75) is 13.5 Å². The van der Waals surface area contributed by atoms with E-state index in [9.17, 15) is 0 Å². The third kappa shape index (κ3) is 6.03. The summed E-state index contributed by atoms with van der Waals surface area (Å²) >= 11 is 0. The van der Waals surface area contributed by atoms with Crippen LogP contribution in [0.1, 0.15) is 12.5 Å². The Morgan fingerprint density at radius 2 is 1.52 bits per heavy atom. The van der Waals surface area contributed by atoms with Gasteiger partial charge in [0.25, 0.3) is 0 Å². The molecule has 0 N–H and O–H groups in total. The summed E-state index contributed by atoms with van der Waals surface area (Å²) in [5, 5.41) is 0. The molecule has 112 valence electrons. The molecule has 0 heterocycles. The first kappa shape index (κ1) is 17.3. The van der Waals surface area contributed by atoms with Crippen molar-refractivity contribution < 1.29 is 17.1 Å². The van der Waals surface area contributed by atoms with Crippen molar-refractivity contribution >= 4 is 5.69 Å². The molecule has 3 aromatic rings. The normalized spacial score (nSPS) is 9.19. The van der Waals surface area contributed by atoms with E-state index < -0.39 is 0 Å². The van der Waals surface area contributed by atoms with E-state index in [1.807, 2.05) is 30.3 Å². The molecule has 0 fully saturated rings. The predicted octanol–water partition coefficient (Wildman–Crippen LogP) is 4.84. The molecule has 3 aromatic carbocycles. The average molecular weight is 319 g/mol. The van der Waals surface area contributed by atoms with E-state index in [0.29, 0.717) is 0 Å². The Kier molecular flexibility index (Phi) is 8.26. The number of anilines is 1. The van der Waals surface area contributed by atoms with Crippen LogP contribution in [-0.4, -0.2) is 6.54 Å². The van der Waals surface area contributed by atoms with Gasteiger partial charge in [-0.3, -0.25) is 0 Å². The second-order valence-electron chi connectivity index (χ2n) is 4.61. The zero-order valence-electron chi connectivity index (χ0n) is 12.3. The van der Waals surface area contributed by atoms with Gasteiger partial charge >= 0.3 is 0 Å². The van der Waals surface area contributed by atoms with Gasteiger partial charge in [0.05, 0.1) is 0 Å². The van der Waals surface area contributed by atoms with Crippen LogP contribution in [0.15, 0.2) is 84.9 Å². The van der Waals surface area contributed by atoms with Crippen LogP contribution in [-0.2, 0) is 23.6 Å². The van der Waals surface area contributed by atoms with Crippen LogP contribution < -0.4 is 4.90 Å². The Morgan fingerprint density at radius 1 is 0.905 bits per heavy atom. The number of hydrogen-bond donors (Lipinski definition) is 0. The number of hydrogen-bond acceptors (Lipinski definition) is 1. The minimum Gasteiger partial charge on any atom is -0.420 e. The monoisotopic (exact) mass is 319 g/mol. The van der Waals surface area contributed by atoms with Gasteiger partial charge in [0.2, 0.25) is 0 Å². The SMILES string of the molecule is CCN(Cc1ccccc1)[c-]1cccc1.[Fe].c1cc[cH-]c1. The van der Waals surface area contributed by atoms with E-state index in [1.54, 1.807) is 0 Å². The number of nitrogens with zero attached hydrogens (tertiary/aromatic N) is 1. The molecule has 1 nitrogen and oxygen atoms in total. The summed E-state index contributed by atoms with van der Waals surface area (Å²) in [6, 6.07) is 29.1. The van der Waals surface area contributed by atoms with Crippen molar-refractivity contribution in [3.05, 3.63) is 90.5 Å². The van der Waals surface area contributed by atoms with Gasteiger partial charge in [-0.2, -0.15) is 30.3 Å². The zero-order valence-corrected chi connectivity index (χ0v) is 13.4. The van der Waals surface area contributed by atoms with Crippen molar-refractivity contribution in [2.75, 3.05) is 11.4 Å². The molecule has 2 heteroatoms. The third-order valence-corrected chi connectivity index (χ3v) is 3.16. The van der Waals surface area contributed by atoms with Gasteiger partial charge in [-0.1, -0.05) is 36.0 Å². The smallest absolute Gasteiger partial charge is 0.0315 e. The van der Waals surface area contributed by atoms with E-state index in [-0.39, 0.29) is 17.1 Å². The molecular weight excluding hydrogens is 298 g/mol. The van der Waals surface area contributed by atoms with Crippen LogP contribution in [0.25, 0.3) is 0 Å². The molecule has 0 aliphatic carbocycles. The summed E-state index contributed by atoms with van der Waals surface area (Å²) in [6.45, 7) is 4.22. The second-order valence-corrected chi connectivity index (χ2v) is 4.61. The standard InChI is InChI=1S/C14H16N.C5H5.Fe/c1-2-15(14-10-6-7-11-14)12-13-8-4-3-5-9-13;1-2-4-5-3-1;/h3-11H,2,12H2,1H3;1-5H;/q2*-1;. The Bertz CT molecular complexity index is 523. The summed E-state index contributed by atoms with van der Waals surface area (Å²) in [5.74, 6) is 0. The molecule has 0 aromatic heterocycles. The van der Waals surface area contributed by atoms with Crippen LogP contribution in [0.4, 0.5) is 5.69 Å². The predicted molar refractivity (Wildman–Crippen MR) is 87.2 cm³/mol. The van der Waals surface area contributed by atoms with Gasteiger partial charge in [-0.25, -0.2) is 24.3 Å². The fourth-order valence-electron chi connectivity index (χ4n) is 2.08.